The Bertz CT molecular complexity index is 3130. The summed E-state index contributed by atoms with van der Waals surface area (Å²) in [4.78, 5) is 10.8. The first-order valence-electron chi connectivity index (χ1n) is 16.0. The predicted molar refractivity (Wildman–Crippen MR) is 208 cm³/mol. The predicted octanol–water partition coefficient (Wildman–Crippen LogP) is 5.73. The molecule has 0 aliphatic carbocycles. The standard InChI is InChI=1S/C33H29N9O12S4/c1-52-56(46,47)20-8-9-21-23(16-20)26(41-42-28-15-19(17-55(43,44)45)7-14-29(28)57(48,49)53-2)11-10-24(21)39-40-25-12-13-27(37-33-36-18-35-32(34)38-33)31-22(25)5-4-6-30(31)58(50,51)54-3/h4-16,18H,17H2,1-3H3,(H,43,44,45)(H3,34,35,36,37,38). The fourth-order valence-corrected chi connectivity index (χ4v) is 8.47. The molecule has 6 aromatic rings. The zero-order chi connectivity index (χ0) is 42.0. The molecule has 302 valence electrons. The summed E-state index contributed by atoms with van der Waals surface area (Å²) in [6.45, 7) is 0. The van der Waals surface area contributed by atoms with Gasteiger partial charge in [0.05, 0.1) is 49.0 Å². The number of hydrogen-bond donors (Lipinski definition) is 3. The molecule has 0 saturated heterocycles. The van der Waals surface area contributed by atoms with E-state index < -0.39 is 51.1 Å². The van der Waals surface area contributed by atoms with E-state index in [1.54, 1.807) is 6.07 Å². The molecule has 0 saturated carbocycles. The number of nitrogens with one attached hydrogen (secondary N) is 1. The van der Waals surface area contributed by atoms with Crippen LogP contribution in [-0.4, -0.2) is 74.5 Å². The molecule has 4 N–H and O–H groups in total. The average Bonchev–Trinajstić information content (AvgIpc) is 3.18. The van der Waals surface area contributed by atoms with Gasteiger partial charge in [-0.2, -0.15) is 38.7 Å². The van der Waals surface area contributed by atoms with Gasteiger partial charge in [-0.25, -0.2) is 9.97 Å². The minimum Gasteiger partial charge on any atom is -0.368 e. The van der Waals surface area contributed by atoms with Crippen molar-refractivity contribution in [1.82, 2.24) is 15.0 Å². The lowest BCUT2D eigenvalue weighted by Crippen LogP contribution is -2.06. The van der Waals surface area contributed by atoms with Gasteiger partial charge in [0.15, 0.2) is 0 Å². The SMILES string of the molecule is COS(=O)(=O)c1ccc2c(N=Nc3ccc(Nc4ncnc(N)n4)c4c(S(=O)(=O)OC)cccc34)ccc(N=Nc3cc(CS(=O)(=O)O)ccc3S(=O)(=O)OC)c2c1. The van der Waals surface area contributed by atoms with Gasteiger partial charge in [-0.1, -0.05) is 24.3 Å². The van der Waals surface area contributed by atoms with Crippen LogP contribution in [0.2, 0.25) is 0 Å². The molecule has 25 heteroatoms. The molecule has 21 nitrogen and oxygen atoms in total. The molecular formula is C33H29N9O12S4. The number of fused-ring (bicyclic) bond motifs is 2. The second-order valence-corrected chi connectivity index (χ2v) is 18.2. The van der Waals surface area contributed by atoms with Crippen LogP contribution in [-0.2, 0) is 58.8 Å². The zero-order valence-electron chi connectivity index (χ0n) is 30.1. The van der Waals surface area contributed by atoms with Crippen molar-refractivity contribution < 1.29 is 50.8 Å². The maximum Gasteiger partial charge on any atom is 0.298 e. The molecular weight excluding hydrogens is 843 g/mol. The molecule has 0 radical (unpaired) electrons. The molecule has 0 amide bonds. The molecule has 6 rings (SSSR count). The molecule has 0 spiro atoms. The topological polar surface area (TPSA) is 311 Å². The number of anilines is 3. The number of nitrogens with zero attached hydrogens (tertiary/aromatic N) is 7. The van der Waals surface area contributed by atoms with Crippen LogP contribution < -0.4 is 11.1 Å². The summed E-state index contributed by atoms with van der Waals surface area (Å²) in [7, 11) is -14.6. The van der Waals surface area contributed by atoms with E-state index in [-0.39, 0.29) is 71.8 Å². The molecule has 0 aliphatic heterocycles. The largest absolute Gasteiger partial charge is 0.368 e. The number of nitrogens with two attached hydrogens (primary N) is 1. The van der Waals surface area contributed by atoms with Crippen LogP contribution in [0.25, 0.3) is 21.5 Å². The number of rotatable bonds is 14. The number of azo groups is 2. The van der Waals surface area contributed by atoms with E-state index in [0.717, 1.165) is 39.5 Å². The Kier molecular flexibility index (Phi) is 11.6. The van der Waals surface area contributed by atoms with Gasteiger partial charge in [-0.3, -0.25) is 17.1 Å². The van der Waals surface area contributed by atoms with Crippen LogP contribution in [0.15, 0.2) is 120 Å². The van der Waals surface area contributed by atoms with Crippen LogP contribution in [0, 0.1) is 0 Å². The van der Waals surface area contributed by atoms with Gasteiger partial charge in [0.25, 0.3) is 40.5 Å². The lowest BCUT2D eigenvalue weighted by atomic mass is 10.1. The molecule has 5 aromatic carbocycles. The first kappa shape index (κ1) is 41.7. The maximum atomic E-state index is 13.1. The van der Waals surface area contributed by atoms with Gasteiger partial charge in [-0.15, -0.1) is 20.5 Å². The molecule has 0 fully saturated rings. The van der Waals surface area contributed by atoms with Gasteiger partial charge in [-0.05, 0) is 60.2 Å². The highest BCUT2D eigenvalue weighted by Gasteiger charge is 2.23. The third-order valence-electron chi connectivity index (χ3n) is 8.15. The van der Waals surface area contributed by atoms with E-state index in [1.807, 2.05) is 0 Å². The minimum atomic E-state index is -4.52. The first-order chi connectivity index (χ1) is 27.4. The number of hydrogen-bond acceptors (Lipinski definition) is 20. The van der Waals surface area contributed by atoms with Crippen molar-refractivity contribution >= 4 is 102 Å². The van der Waals surface area contributed by atoms with E-state index in [4.69, 9.17) is 9.92 Å². The van der Waals surface area contributed by atoms with Gasteiger partial charge < -0.3 is 11.1 Å². The fourth-order valence-electron chi connectivity index (χ4n) is 5.52. The number of nitrogen functional groups attached to an aromatic ring is 1. The minimum absolute atomic E-state index is 0.00249. The van der Waals surface area contributed by atoms with Crippen LogP contribution in [0.3, 0.4) is 0 Å². The van der Waals surface area contributed by atoms with Crippen molar-refractivity contribution in [1.29, 1.82) is 0 Å². The van der Waals surface area contributed by atoms with E-state index in [9.17, 15) is 38.2 Å². The van der Waals surface area contributed by atoms with Gasteiger partial charge in [0, 0.05) is 21.5 Å². The smallest absolute Gasteiger partial charge is 0.298 e. The van der Waals surface area contributed by atoms with Gasteiger partial charge in [0.2, 0.25) is 11.9 Å². The second-order valence-electron chi connectivity index (χ2n) is 11.7. The Morgan fingerprint density at radius 1 is 0.638 bits per heavy atom. The normalized spacial score (nSPS) is 12.9. The third kappa shape index (κ3) is 8.95. The van der Waals surface area contributed by atoms with Crippen molar-refractivity contribution in [2.24, 2.45) is 20.5 Å². The van der Waals surface area contributed by atoms with E-state index in [2.05, 4.69) is 49.1 Å². The highest BCUT2D eigenvalue weighted by atomic mass is 32.2. The summed E-state index contributed by atoms with van der Waals surface area (Å²) < 4.78 is 124. The van der Waals surface area contributed by atoms with Crippen molar-refractivity contribution in [3.05, 3.63) is 90.8 Å². The zero-order valence-corrected chi connectivity index (χ0v) is 33.3. The Hall–Kier alpha value is -5.93. The summed E-state index contributed by atoms with van der Waals surface area (Å²) in [5.41, 5.74) is 5.91. The van der Waals surface area contributed by atoms with E-state index in [0.29, 0.717) is 5.39 Å². The van der Waals surface area contributed by atoms with Crippen LogP contribution in [0.5, 0.6) is 0 Å². The monoisotopic (exact) mass is 871 g/mol. The van der Waals surface area contributed by atoms with E-state index in [1.165, 1.54) is 60.9 Å². The van der Waals surface area contributed by atoms with Crippen LogP contribution in [0.4, 0.5) is 40.3 Å². The molecule has 0 aliphatic rings. The number of benzene rings is 5. The summed E-state index contributed by atoms with van der Waals surface area (Å²) in [5, 5.41) is 20.8. The highest BCUT2D eigenvalue weighted by molar-refractivity contribution is 7.87. The van der Waals surface area contributed by atoms with Crippen molar-refractivity contribution in [2.45, 2.75) is 20.4 Å². The Morgan fingerprint density at radius 2 is 1.24 bits per heavy atom. The molecule has 1 heterocycles. The molecule has 0 atom stereocenters. The Labute approximate surface area is 330 Å². The van der Waals surface area contributed by atoms with Gasteiger partial charge in [0.1, 0.15) is 27.6 Å². The summed E-state index contributed by atoms with van der Waals surface area (Å²) in [6.07, 6.45) is 1.17. The third-order valence-corrected chi connectivity index (χ3v) is 12.8. The van der Waals surface area contributed by atoms with Crippen molar-refractivity contribution in [3.8, 4) is 0 Å². The molecule has 0 unspecified atom stereocenters. The van der Waals surface area contributed by atoms with Crippen molar-refractivity contribution in [2.75, 3.05) is 32.4 Å². The Balaban J connectivity index is 1.51. The molecule has 0 bridgehead atoms. The van der Waals surface area contributed by atoms with Gasteiger partial charge >= 0.3 is 0 Å². The molecule has 1 aromatic heterocycles. The average molecular weight is 872 g/mol. The van der Waals surface area contributed by atoms with Crippen LogP contribution >= 0.6 is 0 Å². The first-order valence-corrected chi connectivity index (χ1v) is 21.9. The Morgan fingerprint density at radius 3 is 1.88 bits per heavy atom. The lowest BCUT2D eigenvalue weighted by molar-refractivity contribution is 0.397. The lowest BCUT2D eigenvalue weighted by Gasteiger charge is -2.14. The highest BCUT2D eigenvalue weighted by Crippen LogP contribution is 2.41. The van der Waals surface area contributed by atoms with Crippen LogP contribution in [0.1, 0.15) is 5.56 Å². The summed E-state index contributed by atoms with van der Waals surface area (Å²) >= 11 is 0. The quantitative estimate of drug-likeness (QED) is 0.0668. The van der Waals surface area contributed by atoms with Crippen molar-refractivity contribution in [3.63, 3.8) is 0 Å². The fraction of sp³-hybridized carbons (Fsp3) is 0.121. The molecule has 58 heavy (non-hydrogen) atoms. The summed E-state index contributed by atoms with van der Waals surface area (Å²) in [5.74, 6) is -0.929. The summed E-state index contributed by atoms with van der Waals surface area (Å²) in [6, 6.07) is 17.4. The second kappa shape index (κ2) is 16.1. The maximum absolute atomic E-state index is 13.1. The van der Waals surface area contributed by atoms with E-state index >= 15 is 0 Å². The number of aromatic nitrogens is 3.